The maximum absolute atomic E-state index is 13.3. The Balaban J connectivity index is 1.37. The number of nitrogens with two attached hydrogens (primary N) is 2. The maximum Gasteiger partial charge on any atom is 0.276 e. The van der Waals surface area contributed by atoms with E-state index in [-0.39, 0.29) is 18.9 Å². The summed E-state index contributed by atoms with van der Waals surface area (Å²) >= 11 is -3.17. The Morgan fingerprint density at radius 3 is 2.47 bits per heavy atom. The molecule has 0 bridgehead atoms. The minimum absolute atomic E-state index is 0.0105. The van der Waals surface area contributed by atoms with Crippen LogP contribution >= 0.6 is 22.9 Å². The summed E-state index contributed by atoms with van der Waals surface area (Å²) in [5, 5.41) is 8.87. The molecular formula is C27H41N8O8S2+. The number of ether oxygens (including phenoxy) is 1. The second-order valence-corrected chi connectivity index (χ2v) is 13.1. The van der Waals surface area contributed by atoms with Gasteiger partial charge in [-0.2, -0.15) is 9.75 Å². The fourth-order valence-corrected chi connectivity index (χ4v) is 6.26. The van der Waals surface area contributed by atoms with Gasteiger partial charge in [0, 0.05) is 30.0 Å². The van der Waals surface area contributed by atoms with E-state index in [0.29, 0.717) is 23.1 Å². The number of hydrogen-bond donors (Lipinski definition) is 6. The SMILES string of the molecule is Cc1c[n+](CCCN)n(C)c1-c1ccc(OCCO/N=C(\C(=O)NC2C(=O)N(OS(O)(O)O)C2(C)C)C2=CSC(N)N2C)cc1. The smallest absolute Gasteiger partial charge is 0.276 e. The van der Waals surface area contributed by atoms with Crippen LogP contribution in [-0.4, -0.2) is 89.7 Å². The van der Waals surface area contributed by atoms with Gasteiger partial charge in [0.1, 0.15) is 29.6 Å². The molecule has 0 aliphatic carbocycles. The molecule has 2 aromatic rings. The van der Waals surface area contributed by atoms with Crippen LogP contribution in [0.25, 0.3) is 11.3 Å². The van der Waals surface area contributed by atoms with Crippen molar-refractivity contribution in [3.63, 3.8) is 0 Å². The molecule has 1 saturated heterocycles. The van der Waals surface area contributed by atoms with E-state index in [4.69, 9.17) is 21.0 Å². The number of carbonyl (C=O) groups excluding carboxylic acids is 2. The lowest BCUT2D eigenvalue weighted by atomic mass is 9.84. The first-order chi connectivity index (χ1) is 21.2. The highest BCUT2D eigenvalue weighted by molar-refractivity contribution is 8.15. The first-order valence-electron chi connectivity index (χ1n) is 14.0. The number of β-lactam (4-membered cyclic amide) rings is 1. The average Bonchev–Trinajstić information content (AvgIpc) is 3.46. The summed E-state index contributed by atoms with van der Waals surface area (Å²) in [6, 6.07) is 6.58. The van der Waals surface area contributed by atoms with Gasteiger partial charge in [-0.1, -0.05) is 16.9 Å². The normalized spacial score (nSPS) is 20.2. The molecule has 2 aliphatic heterocycles. The number of aryl methyl sites for hydroxylation is 2. The van der Waals surface area contributed by atoms with Crippen molar-refractivity contribution in [1.29, 1.82) is 0 Å². The Bertz CT molecular complexity index is 1460. The summed E-state index contributed by atoms with van der Waals surface area (Å²) in [7, 11) is 3.70. The van der Waals surface area contributed by atoms with E-state index in [1.54, 1.807) is 17.4 Å². The van der Waals surface area contributed by atoms with Gasteiger partial charge in [0.05, 0.1) is 18.3 Å². The predicted octanol–water partition coefficient (Wildman–Crippen LogP) is 1.33. The van der Waals surface area contributed by atoms with Crippen LogP contribution in [0.1, 0.15) is 25.8 Å². The molecular weight excluding hydrogens is 628 g/mol. The number of rotatable bonds is 14. The largest absolute Gasteiger partial charge is 0.490 e. The molecule has 45 heavy (non-hydrogen) atoms. The molecule has 1 aromatic carbocycles. The van der Waals surface area contributed by atoms with Crippen LogP contribution in [0.3, 0.4) is 0 Å². The highest BCUT2D eigenvalue weighted by Gasteiger charge is 2.58. The van der Waals surface area contributed by atoms with Crippen molar-refractivity contribution in [3.05, 3.63) is 47.1 Å². The highest BCUT2D eigenvalue weighted by Crippen LogP contribution is 2.43. The summed E-state index contributed by atoms with van der Waals surface area (Å²) in [4.78, 5) is 33.0. The third-order valence-corrected chi connectivity index (χ3v) is 8.71. The van der Waals surface area contributed by atoms with Gasteiger partial charge in [-0.3, -0.25) is 23.2 Å². The standard InChI is InChI=1S/C27H40N8O8S2/c1-17-15-34(12-6-11-28)33(5)22(17)18-7-9-19(10-8-18)41-13-14-42-31-21(20-16-44-26(29)32(20)4)24(36)30-23-25(37)35(27(23,2)3)43-45(38,39)40/h7-10,15-16,23,26H,6,11-14,28-29H2,1-5H3,(H3-,30,36,38,39,40)/p+1/b31-21-. The molecule has 3 heterocycles. The summed E-state index contributed by atoms with van der Waals surface area (Å²) in [6.07, 6.45) is 3.00. The average molecular weight is 670 g/mol. The fourth-order valence-electron chi connectivity index (χ4n) is 4.95. The van der Waals surface area contributed by atoms with Crippen molar-refractivity contribution in [3.8, 4) is 17.0 Å². The third-order valence-electron chi connectivity index (χ3n) is 7.41. The second-order valence-electron chi connectivity index (χ2n) is 11.0. The van der Waals surface area contributed by atoms with E-state index in [2.05, 4.69) is 37.2 Å². The molecule has 1 fully saturated rings. The third kappa shape index (κ3) is 7.72. The molecule has 0 saturated carbocycles. The van der Waals surface area contributed by atoms with Crippen molar-refractivity contribution in [2.45, 2.75) is 50.8 Å². The minimum Gasteiger partial charge on any atom is -0.490 e. The molecule has 8 N–H and O–H groups in total. The number of oxime groups is 1. The summed E-state index contributed by atoms with van der Waals surface area (Å²) in [5.41, 5.74) is 13.6. The zero-order chi connectivity index (χ0) is 33.1. The predicted molar refractivity (Wildman–Crippen MR) is 169 cm³/mol. The van der Waals surface area contributed by atoms with E-state index in [0.717, 1.165) is 29.8 Å². The number of amides is 2. The molecule has 2 unspecified atom stereocenters. The Morgan fingerprint density at radius 1 is 1.20 bits per heavy atom. The van der Waals surface area contributed by atoms with Gasteiger partial charge >= 0.3 is 0 Å². The number of hydroxylamine groups is 2. The van der Waals surface area contributed by atoms with Crippen LogP contribution in [0.2, 0.25) is 0 Å². The number of hydrogen-bond acceptors (Lipinski definition) is 13. The molecule has 0 spiro atoms. The molecule has 1 aromatic heterocycles. The Labute approximate surface area is 267 Å². The number of carbonyl (C=O) groups is 2. The van der Waals surface area contributed by atoms with E-state index in [1.165, 1.54) is 25.6 Å². The Kier molecular flexibility index (Phi) is 10.7. The van der Waals surface area contributed by atoms with E-state index >= 15 is 0 Å². The zero-order valence-corrected chi connectivity index (χ0v) is 27.4. The lowest BCUT2D eigenvalue weighted by molar-refractivity contribution is -0.772. The van der Waals surface area contributed by atoms with Crippen molar-refractivity contribution in [2.75, 3.05) is 26.8 Å². The van der Waals surface area contributed by atoms with Crippen molar-refractivity contribution < 1.29 is 41.8 Å². The number of thioether (sulfide) groups is 1. The molecule has 2 amide bonds. The van der Waals surface area contributed by atoms with Gasteiger partial charge in [0.25, 0.3) is 11.8 Å². The molecule has 248 valence electrons. The van der Waals surface area contributed by atoms with E-state index in [1.807, 2.05) is 31.3 Å². The number of aromatic nitrogens is 2. The number of nitrogens with zero attached hydrogens (tertiary/aromatic N) is 5. The van der Waals surface area contributed by atoms with E-state index in [9.17, 15) is 23.2 Å². The van der Waals surface area contributed by atoms with Crippen LogP contribution in [-0.2, 0) is 32.3 Å². The summed E-state index contributed by atoms with van der Waals surface area (Å²) < 4.78 is 42.2. The first-order valence-corrected chi connectivity index (χ1v) is 16.4. The molecule has 2 atom stereocenters. The Hall–Kier alpha value is -3.36. The zero-order valence-electron chi connectivity index (χ0n) is 25.7. The Morgan fingerprint density at radius 2 is 1.89 bits per heavy atom. The van der Waals surface area contributed by atoms with Gasteiger partial charge < -0.3 is 31.3 Å². The van der Waals surface area contributed by atoms with Crippen LogP contribution in [0.15, 0.2) is 46.7 Å². The van der Waals surface area contributed by atoms with Gasteiger partial charge in [0.15, 0.2) is 25.1 Å². The van der Waals surface area contributed by atoms with Crippen molar-refractivity contribution in [2.24, 2.45) is 23.7 Å². The highest BCUT2D eigenvalue weighted by atomic mass is 32.3. The fraction of sp³-hybridized carbons (Fsp3) is 0.481. The monoisotopic (exact) mass is 669 g/mol. The van der Waals surface area contributed by atoms with Crippen molar-refractivity contribution in [1.82, 2.24) is 20.0 Å². The maximum atomic E-state index is 13.3. The van der Waals surface area contributed by atoms with Gasteiger partial charge in [-0.25, -0.2) is 0 Å². The minimum atomic E-state index is -4.44. The van der Waals surface area contributed by atoms with Crippen LogP contribution in [0.4, 0.5) is 0 Å². The molecule has 18 heteroatoms. The van der Waals surface area contributed by atoms with Gasteiger partial charge in [-0.15, -0.1) is 8.97 Å². The van der Waals surface area contributed by atoms with E-state index < -0.39 is 40.0 Å². The summed E-state index contributed by atoms with van der Waals surface area (Å²) in [6.45, 7) is 6.70. The van der Waals surface area contributed by atoms with Crippen LogP contribution < -0.4 is 26.2 Å². The topological polar surface area (TPSA) is 214 Å². The molecule has 2 aliphatic rings. The van der Waals surface area contributed by atoms with Gasteiger partial charge in [0.2, 0.25) is 11.2 Å². The van der Waals surface area contributed by atoms with Crippen molar-refractivity contribution >= 4 is 40.4 Å². The quantitative estimate of drug-likeness (QED) is 0.0553. The summed E-state index contributed by atoms with van der Waals surface area (Å²) in [5.74, 6) is -0.902. The first kappa shape index (κ1) is 34.5. The van der Waals surface area contributed by atoms with Gasteiger partial charge in [-0.05, 0) is 51.6 Å². The molecule has 16 nitrogen and oxygen atoms in total. The lowest BCUT2D eigenvalue weighted by Gasteiger charge is -2.52. The molecule has 4 rings (SSSR count). The number of benzene rings is 1. The van der Waals surface area contributed by atoms with Crippen LogP contribution in [0, 0.1) is 6.92 Å². The number of nitrogens with one attached hydrogen (secondary N) is 1. The second kappa shape index (κ2) is 14.0. The van der Waals surface area contributed by atoms with Crippen LogP contribution in [0.5, 0.6) is 5.75 Å². The molecule has 0 radical (unpaired) electrons. The lowest BCUT2D eigenvalue weighted by Crippen LogP contribution is -2.76.